The molecule has 1 saturated carbocycles. The van der Waals surface area contributed by atoms with E-state index in [2.05, 4.69) is 5.32 Å². The SMILES string of the molecule is COc1cccc(-c2cc(C(=O)Nc3cc4cc(OC)c(OC5CCC[C@@H](O)[C@H]5O)c(C)c4oc3=O)ccc2OC)c1. The molecule has 3 N–H and O–H groups in total. The highest BCUT2D eigenvalue weighted by atomic mass is 16.5. The molecule has 4 aromatic rings. The maximum Gasteiger partial charge on any atom is 0.360 e. The molecule has 0 radical (unpaired) electrons. The number of benzene rings is 3. The summed E-state index contributed by atoms with van der Waals surface area (Å²) in [7, 11) is 4.60. The first kappa shape index (κ1) is 29.0. The lowest BCUT2D eigenvalue weighted by molar-refractivity contribution is -0.0751. The fraction of sp³-hybridized carbons (Fsp3) is 0.312. The van der Waals surface area contributed by atoms with Gasteiger partial charge in [-0.3, -0.25) is 4.79 Å². The van der Waals surface area contributed by atoms with E-state index in [1.165, 1.54) is 13.2 Å². The first-order chi connectivity index (χ1) is 20.2. The molecule has 10 nitrogen and oxygen atoms in total. The molecule has 42 heavy (non-hydrogen) atoms. The van der Waals surface area contributed by atoms with Crippen molar-refractivity contribution >= 4 is 22.6 Å². The topological polar surface area (TPSA) is 137 Å². The van der Waals surface area contributed by atoms with Gasteiger partial charge in [0.25, 0.3) is 5.91 Å². The molecule has 3 aromatic carbocycles. The average molecular weight is 576 g/mol. The molecule has 0 saturated heterocycles. The standard InChI is InChI=1S/C32H33NO9/c1-17-29-20(16-27(40-4)30(17)41-26-10-6-9-24(34)28(26)35)15-23(32(37)42-29)33-31(36)19-11-12-25(39-3)22(14-19)18-7-5-8-21(13-18)38-2/h5,7-8,11-16,24,26,28,34-35H,6,9-10H2,1-4H3,(H,33,36)/t24-,26?,28-/m1/s1. The monoisotopic (exact) mass is 575 g/mol. The van der Waals surface area contributed by atoms with Crippen molar-refractivity contribution in [3.05, 3.63) is 76.1 Å². The smallest absolute Gasteiger partial charge is 0.360 e. The number of hydrogen-bond donors (Lipinski definition) is 3. The first-order valence-electron chi connectivity index (χ1n) is 13.6. The molecule has 0 aliphatic heterocycles. The van der Waals surface area contributed by atoms with Crippen molar-refractivity contribution in [1.82, 2.24) is 0 Å². The number of methoxy groups -OCH3 is 3. The number of aliphatic hydroxyl groups excluding tert-OH is 2. The van der Waals surface area contributed by atoms with Gasteiger partial charge in [0.05, 0.1) is 27.4 Å². The van der Waals surface area contributed by atoms with Crippen molar-refractivity contribution in [2.24, 2.45) is 0 Å². The van der Waals surface area contributed by atoms with Crippen molar-refractivity contribution in [3.8, 4) is 34.1 Å². The average Bonchev–Trinajstić information content (AvgIpc) is 3.01. The Morgan fingerprint density at radius 3 is 2.48 bits per heavy atom. The van der Waals surface area contributed by atoms with Crippen LogP contribution >= 0.6 is 0 Å². The molecule has 1 heterocycles. The van der Waals surface area contributed by atoms with E-state index in [0.29, 0.717) is 64.3 Å². The zero-order valence-electron chi connectivity index (χ0n) is 23.8. The van der Waals surface area contributed by atoms with Gasteiger partial charge in [-0.1, -0.05) is 12.1 Å². The van der Waals surface area contributed by atoms with Crippen LogP contribution in [0.3, 0.4) is 0 Å². The number of carbonyl (C=O) groups is 1. The minimum absolute atomic E-state index is 0.0489. The predicted octanol–water partition coefficient (Wildman–Crippen LogP) is 4.70. The highest BCUT2D eigenvalue weighted by Gasteiger charge is 2.33. The number of ether oxygens (including phenoxy) is 4. The summed E-state index contributed by atoms with van der Waals surface area (Å²) in [6.07, 6.45) is -0.820. The van der Waals surface area contributed by atoms with E-state index in [9.17, 15) is 19.8 Å². The summed E-state index contributed by atoms with van der Waals surface area (Å²) >= 11 is 0. The number of aryl methyl sites for hydroxylation is 1. The first-order valence-corrected chi connectivity index (χ1v) is 13.6. The van der Waals surface area contributed by atoms with Crippen LogP contribution < -0.4 is 29.9 Å². The van der Waals surface area contributed by atoms with E-state index in [4.69, 9.17) is 23.4 Å². The highest BCUT2D eigenvalue weighted by molar-refractivity contribution is 6.06. The van der Waals surface area contributed by atoms with Gasteiger partial charge in [-0.15, -0.1) is 0 Å². The van der Waals surface area contributed by atoms with Crippen LogP contribution in [0.4, 0.5) is 5.69 Å². The van der Waals surface area contributed by atoms with Crippen LogP contribution in [-0.2, 0) is 0 Å². The van der Waals surface area contributed by atoms with Gasteiger partial charge in [-0.05, 0) is 74.2 Å². The molecule has 5 rings (SSSR count). The van der Waals surface area contributed by atoms with Crippen LogP contribution in [0.25, 0.3) is 22.1 Å². The number of amides is 1. The minimum atomic E-state index is -1.05. The van der Waals surface area contributed by atoms with Crippen LogP contribution in [0.15, 0.2) is 63.8 Å². The van der Waals surface area contributed by atoms with Gasteiger partial charge in [0.15, 0.2) is 11.5 Å². The molecular formula is C32H33NO9. The van der Waals surface area contributed by atoms with E-state index >= 15 is 0 Å². The van der Waals surface area contributed by atoms with Gasteiger partial charge in [0.1, 0.15) is 35.0 Å². The molecule has 1 aromatic heterocycles. The van der Waals surface area contributed by atoms with E-state index in [0.717, 1.165) is 5.56 Å². The number of anilines is 1. The van der Waals surface area contributed by atoms with Crippen molar-refractivity contribution in [3.63, 3.8) is 0 Å². The predicted molar refractivity (Wildman–Crippen MR) is 157 cm³/mol. The summed E-state index contributed by atoms with van der Waals surface area (Å²) in [5.41, 5.74) is 1.73. The molecular weight excluding hydrogens is 542 g/mol. The fourth-order valence-electron chi connectivity index (χ4n) is 5.22. The third-order valence-corrected chi connectivity index (χ3v) is 7.51. The largest absolute Gasteiger partial charge is 0.497 e. The van der Waals surface area contributed by atoms with E-state index in [-0.39, 0.29) is 11.3 Å². The minimum Gasteiger partial charge on any atom is -0.497 e. The third kappa shape index (κ3) is 5.63. The Kier molecular flexibility index (Phi) is 8.37. The van der Waals surface area contributed by atoms with Crippen LogP contribution in [-0.4, -0.2) is 55.8 Å². The zero-order valence-corrected chi connectivity index (χ0v) is 23.8. The maximum absolute atomic E-state index is 13.3. The van der Waals surface area contributed by atoms with Crippen molar-refractivity contribution in [2.45, 2.75) is 44.5 Å². The van der Waals surface area contributed by atoms with Crippen molar-refractivity contribution < 1.29 is 38.4 Å². The molecule has 1 unspecified atom stereocenters. The summed E-state index contributed by atoms with van der Waals surface area (Å²) in [4.78, 5) is 26.3. The van der Waals surface area contributed by atoms with Gasteiger partial charge in [0.2, 0.25) is 0 Å². The lowest BCUT2D eigenvalue weighted by Gasteiger charge is -2.32. The number of rotatable bonds is 8. The molecule has 1 fully saturated rings. The summed E-state index contributed by atoms with van der Waals surface area (Å²) in [6.45, 7) is 1.71. The van der Waals surface area contributed by atoms with Crippen molar-refractivity contribution in [2.75, 3.05) is 26.6 Å². The number of nitrogens with one attached hydrogen (secondary N) is 1. The van der Waals surface area contributed by atoms with Crippen LogP contribution in [0, 0.1) is 6.92 Å². The Bertz CT molecular complexity index is 1680. The summed E-state index contributed by atoms with van der Waals surface area (Å²) < 4.78 is 28.1. The lowest BCUT2D eigenvalue weighted by Crippen LogP contribution is -2.44. The molecule has 0 bridgehead atoms. The van der Waals surface area contributed by atoms with Crippen molar-refractivity contribution in [1.29, 1.82) is 0 Å². The maximum atomic E-state index is 13.3. The summed E-state index contributed by atoms with van der Waals surface area (Å²) in [6, 6.07) is 15.5. The van der Waals surface area contributed by atoms with Gasteiger partial charge in [-0.2, -0.15) is 0 Å². The molecule has 1 amide bonds. The fourth-order valence-corrected chi connectivity index (χ4v) is 5.22. The Balaban J connectivity index is 1.46. The van der Waals surface area contributed by atoms with Gasteiger partial charge in [-0.25, -0.2) is 4.79 Å². The quantitative estimate of drug-likeness (QED) is 0.255. The lowest BCUT2D eigenvalue weighted by atomic mass is 9.92. The van der Waals surface area contributed by atoms with Gasteiger partial charge >= 0.3 is 5.63 Å². The second kappa shape index (κ2) is 12.1. The molecule has 220 valence electrons. The number of fused-ring (bicyclic) bond motifs is 1. The Hall–Kier alpha value is -4.54. The molecule has 1 aliphatic rings. The van der Waals surface area contributed by atoms with Crippen LogP contribution in [0.1, 0.15) is 35.2 Å². The Morgan fingerprint density at radius 2 is 1.74 bits per heavy atom. The highest BCUT2D eigenvalue weighted by Crippen LogP contribution is 2.39. The summed E-state index contributed by atoms with van der Waals surface area (Å²) in [5, 5.41) is 23.7. The van der Waals surface area contributed by atoms with Crippen LogP contribution in [0.5, 0.6) is 23.0 Å². The Labute approximate surface area is 242 Å². The molecule has 1 aliphatic carbocycles. The third-order valence-electron chi connectivity index (χ3n) is 7.51. The molecule has 0 spiro atoms. The second-order valence-electron chi connectivity index (χ2n) is 10.1. The number of hydrogen-bond acceptors (Lipinski definition) is 9. The van der Waals surface area contributed by atoms with E-state index < -0.39 is 29.8 Å². The second-order valence-corrected chi connectivity index (χ2v) is 10.1. The molecule has 3 atom stereocenters. The summed E-state index contributed by atoms with van der Waals surface area (Å²) in [5.74, 6) is 1.38. The van der Waals surface area contributed by atoms with Gasteiger partial charge < -0.3 is 38.9 Å². The molecule has 10 heteroatoms. The zero-order chi connectivity index (χ0) is 30.0. The number of carbonyl (C=O) groups excluding carboxylic acids is 1. The van der Waals surface area contributed by atoms with Gasteiger partial charge in [0, 0.05) is 22.1 Å². The van der Waals surface area contributed by atoms with Crippen LogP contribution in [0.2, 0.25) is 0 Å². The Morgan fingerprint density at radius 1 is 0.952 bits per heavy atom. The number of aliphatic hydroxyl groups is 2. The normalized spacial score (nSPS) is 18.4. The van der Waals surface area contributed by atoms with E-state index in [1.807, 2.05) is 24.3 Å². The van der Waals surface area contributed by atoms with E-state index in [1.54, 1.807) is 45.4 Å².